The minimum atomic E-state index is -0.0469. The number of carbonyl (C=O) groups excluding carboxylic acids is 1. The zero-order chi connectivity index (χ0) is 21.0. The molecule has 3 atom stereocenters. The lowest BCUT2D eigenvalue weighted by Crippen LogP contribution is -2.50. The van der Waals surface area contributed by atoms with Crippen molar-refractivity contribution in [3.05, 3.63) is 48.0 Å². The fourth-order valence-electron chi connectivity index (χ4n) is 5.55. The highest BCUT2D eigenvalue weighted by Crippen LogP contribution is 2.44. The molecule has 0 heterocycles. The Morgan fingerprint density at radius 3 is 2.57 bits per heavy atom. The maximum Gasteiger partial charge on any atom is 0.223 e. The van der Waals surface area contributed by atoms with Gasteiger partial charge in [0.1, 0.15) is 0 Å². The van der Waals surface area contributed by atoms with Gasteiger partial charge in [0.15, 0.2) is 0 Å². The summed E-state index contributed by atoms with van der Waals surface area (Å²) in [4.78, 5) is 16.8. The summed E-state index contributed by atoms with van der Waals surface area (Å²) < 4.78 is 0. The van der Waals surface area contributed by atoms with Gasteiger partial charge in [-0.2, -0.15) is 5.26 Å². The third-order valence-electron chi connectivity index (χ3n) is 7.28. The molecule has 2 fully saturated rings. The SMILES string of the molecule is CN/C(=N\C#N)N[C@H]1CC[C@](CNC(=O)C2CC3C=CC2C3)(c2ccccc2)CC1. The number of nitrogens with zero attached hydrogens (tertiary/aromatic N) is 2. The van der Waals surface area contributed by atoms with Crippen molar-refractivity contribution in [1.82, 2.24) is 16.0 Å². The number of nitriles is 1. The first-order valence-electron chi connectivity index (χ1n) is 11.1. The quantitative estimate of drug-likeness (QED) is 0.304. The first kappa shape index (κ1) is 20.5. The largest absolute Gasteiger partial charge is 0.359 e. The number of aliphatic imine (C=N–C) groups is 1. The number of amides is 1. The van der Waals surface area contributed by atoms with Crippen molar-refractivity contribution >= 4 is 11.9 Å². The van der Waals surface area contributed by atoms with Crippen molar-refractivity contribution in [2.24, 2.45) is 22.7 Å². The molecule has 0 saturated heterocycles. The molecular formula is C24H31N5O. The molecule has 1 aromatic carbocycles. The van der Waals surface area contributed by atoms with Gasteiger partial charge in [-0.05, 0) is 55.9 Å². The van der Waals surface area contributed by atoms with Crippen LogP contribution in [-0.4, -0.2) is 31.5 Å². The average Bonchev–Trinajstić information content (AvgIpc) is 3.43. The number of nitrogens with one attached hydrogen (secondary N) is 3. The lowest BCUT2D eigenvalue weighted by atomic mass is 9.68. The molecule has 0 spiro atoms. The topological polar surface area (TPSA) is 89.3 Å². The maximum atomic E-state index is 13.0. The van der Waals surface area contributed by atoms with Gasteiger partial charge in [0.25, 0.3) is 0 Å². The Morgan fingerprint density at radius 2 is 1.97 bits per heavy atom. The standard InChI is InChI=1S/C24H31N5O/c1-26-23(28-16-25)29-20-9-11-24(12-10-20,19-5-3-2-4-6-19)15-27-22(30)21-14-17-7-8-18(21)13-17/h2-8,17-18,20-21H,9-15H2,1H3,(H,27,30)(H2,26,28,29)/t17?,18?,20-,21?,24-. The number of allylic oxidation sites excluding steroid dienone is 2. The average molecular weight is 406 g/mol. The number of carbonyl (C=O) groups is 1. The van der Waals surface area contributed by atoms with Gasteiger partial charge in [0.05, 0.1) is 0 Å². The molecule has 0 aromatic heterocycles. The number of hydrogen-bond acceptors (Lipinski definition) is 3. The van der Waals surface area contributed by atoms with E-state index < -0.39 is 0 Å². The van der Waals surface area contributed by atoms with Crippen LogP contribution in [0.25, 0.3) is 0 Å². The number of guanidine groups is 1. The molecule has 3 N–H and O–H groups in total. The van der Waals surface area contributed by atoms with E-state index in [9.17, 15) is 4.79 Å². The summed E-state index contributed by atoms with van der Waals surface area (Å²) in [5.41, 5.74) is 1.26. The van der Waals surface area contributed by atoms with E-state index in [1.165, 1.54) is 5.56 Å². The van der Waals surface area contributed by atoms with Gasteiger partial charge in [0.2, 0.25) is 18.1 Å². The maximum absolute atomic E-state index is 13.0. The molecule has 30 heavy (non-hydrogen) atoms. The smallest absolute Gasteiger partial charge is 0.223 e. The van der Waals surface area contributed by atoms with E-state index in [2.05, 4.69) is 57.4 Å². The second-order valence-electron chi connectivity index (χ2n) is 8.98. The summed E-state index contributed by atoms with van der Waals surface area (Å²) in [5.74, 6) is 1.92. The van der Waals surface area contributed by atoms with Crippen LogP contribution in [0.15, 0.2) is 47.5 Å². The Hall–Kier alpha value is -2.81. The van der Waals surface area contributed by atoms with Crippen molar-refractivity contribution in [3.8, 4) is 6.19 Å². The number of hydrogen-bond donors (Lipinski definition) is 3. The summed E-state index contributed by atoms with van der Waals surface area (Å²) in [5, 5.41) is 18.4. The van der Waals surface area contributed by atoms with Gasteiger partial charge >= 0.3 is 0 Å². The molecule has 6 nitrogen and oxygen atoms in total. The van der Waals surface area contributed by atoms with Gasteiger partial charge in [-0.1, -0.05) is 42.5 Å². The minimum absolute atomic E-state index is 0.0469. The van der Waals surface area contributed by atoms with Gasteiger partial charge in [-0.3, -0.25) is 4.79 Å². The molecule has 1 amide bonds. The minimum Gasteiger partial charge on any atom is -0.359 e. The van der Waals surface area contributed by atoms with Crippen LogP contribution in [-0.2, 0) is 10.2 Å². The Bertz CT molecular complexity index is 848. The van der Waals surface area contributed by atoms with Crippen LogP contribution in [0.5, 0.6) is 0 Å². The second-order valence-corrected chi connectivity index (χ2v) is 8.98. The van der Waals surface area contributed by atoms with Crippen LogP contribution < -0.4 is 16.0 Å². The van der Waals surface area contributed by atoms with E-state index in [4.69, 9.17) is 5.26 Å². The molecule has 3 unspecified atom stereocenters. The molecule has 3 aliphatic carbocycles. The van der Waals surface area contributed by atoms with Crippen molar-refractivity contribution in [2.75, 3.05) is 13.6 Å². The monoisotopic (exact) mass is 405 g/mol. The summed E-state index contributed by atoms with van der Waals surface area (Å²) in [7, 11) is 1.76. The van der Waals surface area contributed by atoms with Gasteiger partial charge in [0, 0.05) is 31.0 Å². The highest BCUT2D eigenvalue weighted by molar-refractivity contribution is 5.81. The molecule has 158 valence electrons. The number of rotatable bonds is 5. The lowest BCUT2D eigenvalue weighted by molar-refractivity contribution is -0.126. The summed E-state index contributed by atoms with van der Waals surface area (Å²) in [6, 6.07) is 10.9. The Labute approximate surface area is 178 Å². The van der Waals surface area contributed by atoms with Gasteiger partial charge in [-0.15, -0.1) is 4.99 Å². The van der Waals surface area contributed by atoms with Gasteiger partial charge in [-0.25, -0.2) is 0 Å². The highest BCUT2D eigenvalue weighted by Gasteiger charge is 2.42. The van der Waals surface area contributed by atoms with Crippen LogP contribution in [0.3, 0.4) is 0 Å². The fraction of sp³-hybridized carbons (Fsp3) is 0.542. The number of fused-ring (bicyclic) bond motifs is 2. The third kappa shape index (κ3) is 4.21. The predicted octanol–water partition coefficient (Wildman–Crippen LogP) is 2.84. The predicted molar refractivity (Wildman–Crippen MR) is 117 cm³/mol. The Morgan fingerprint density at radius 1 is 1.20 bits per heavy atom. The number of benzene rings is 1. The fourth-order valence-corrected chi connectivity index (χ4v) is 5.55. The summed E-state index contributed by atoms with van der Waals surface area (Å²) in [6.45, 7) is 0.686. The molecule has 2 saturated carbocycles. The molecule has 1 aromatic rings. The lowest BCUT2D eigenvalue weighted by Gasteiger charge is -2.41. The van der Waals surface area contributed by atoms with Crippen LogP contribution in [0.1, 0.15) is 44.1 Å². The van der Waals surface area contributed by atoms with E-state index in [0.29, 0.717) is 24.3 Å². The summed E-state index contributed by atoms with van der Waals surface area (Å²) >= 11 is 0. The summed E-state index contributed by atoms with van der Waals surface area (Å²) in [6.07, 6.45) is 12.4. The van der Waals surface area contributed by atoms with Crippen LogP contribution in [0.2, 0.25) is 0 Å². The zero-order valence-electron chi connectivity index (χ0n) is 17.6. The van der Waals surface area contributed by atoms with Crippen molar-refractivity contribution < 1.29 is 4.79 Å². The first-order valence-corrected chi connectivity index (χ1v) is 11.1. The van der Waals surface area contributed by atoms with E-state index in [1.54, 1.807) is 7.05 Å². The normalized spacial score (nSPS) is 32.5. The second kappa shape index (κ2) is 8.91. The molecule has 2 bridgehead atoms. The zero-order valence-corrected chi connectivity index (χ0v) is 17.6. The molecule has 0 radical (unpaired) electrons. The van der Waals surface area contributed by atoms with Crippen molar-refractivity contribution in [3.63, 3.8) is 0 Å². The van der Waals surface area contributed by atoms with E-state index in [0.717, 1.165) is 38.5 Å². The van der Waals surface area contributed by atoms with Gasteiger partial charge < -0.3 is 16.0 Å². The van der Waals surface area contributed by atoms with Crippen molar-refractivity contribution in [1.29, 1.82) is 5.26 Å². The molecular weight excluding hydrogens is 374 g/mol. The van der Waals surface area contributed by atoms with E-state index in [-0.39, 0.29) is 23.3 Å². The Kier molecular flexibility index (Phi) is 6.08. The Balaban J connectivity index is 1.42. The first-order chi connectivity index (χ1) is 14.6. The van der Waals surface area contributed by atoms with Crippen molar-refractivity contribution in [2.45, 2.75) is 50.0 Å². The van der Waals surface area contributed by atoms with Crippen LogP contribution in [0.4, 0.5) is 0 Å². The van der Waals surface area contributed by atoms with Crippen LogP contribution >= 0.6 is 0 Å². The highest BCUT2D eigenvalue weighted by atomic mass is 16.1. The molecule has 4 rings (SSSR count). The molecule has 0 aliphatic heterocycles. The molecule has 6 heteroatoms. The molecule has 3 aliphatic rings. The third-order valence-corrected chi connectivity index (χ3v) is 7.28. The van der Waals surface area contributed by atoms with E-state index in [1.807, 2.05) is 12.3 Å². The van der Waals surface area contributed by atoms with E-state index >= 15 is 0 Å². The van der Waals surface area contributed by atoms with Crippen LogP contribution in [0, 0.1) is 29.2 Å².